The molecule has 2 aromatic rings. The smallest absolute Gasteiger partial charge is 0.291 e. The van der Waals surface area contributed by atoms with E-state index in [1.807, 2.05) is 6.92 Å². The van der Waals surface area contributed by atoms with Crippen molar-refractivity contribution in [3.8, 4) is 0 Å². The van der Waals surface area contributed by atoms with E-state index in [1.165, 1.54) is 16.8 Å². The van der Waals surface area contributed by atoms with Gasteiger partial charge < -0.3 is 15.1 Å². The van der Waals surface area contributed by atoms with Gasteiger partial charge >= 0.3 is 0 Å². The zero-order chi connectivity index (χ0) is 20.3. The summed E-state index contributed by atoms with van der Waals surface area (Å²) < 4.78 is 29.9. The van der Waals surface area contributed by atoms with Gasteiger partial charge in [-0.2, -0.15) is 0 Å². The molecule has 1 aliphatic rings. The summed E-state index contributed by atoms with van der Waals surface area (Å²) in [5, 5.41) is 5.63. The largest absolute Gasteiger partial charge is 0.459 e. The van der Waals surface area contributed by atoms with Crippen LogP contribution >= 0.6 is 0 Å². The van der Waals surface area contributed by atoms with Gasteiger partial charge in [0, 0.05) is 30.4 Å². The van der Waals surface area contributed by atoms with Crippen molar-refractivity contribution in [2.75, 3.05) is 24.7 Å². The number of rotatable bonds is 5. The minimum atomic E-state index is -3.28. The molecule has 1 saturated heterocycles. The molecule has 0 radical (unpaired) electrons. The fraction of sp³-hybridized carbons (Fsp3) is 0.368. The number of carbonyl (C=O) groups is 2. The van der Waals surface area contributed by atoms with E-state index in [2.05, 4.69) is 10.6 Å². The van der Waals surface area contributed by atoms with Crippen LogP contribution in [0.4, 0.5) is 5.69 Å². The highest BCUT2D eigenvalue weighted by Gasteiger charge is 2.27. The molecule has 9 heteroatoms. The van der Waals surface area contributed by atoms with Crippen LogP contribution in [0.15, 0.2) is 41.0 Å². The maximum absolute atomic E-state index is 12.6. The van der Waals surface area contributed by atoms with Gasteiger partial charge in [-0.05, 0) is 49.6 Å². The number of sulfonamides is 1. The van der Waals surface area contributed by atoms with E-state index < -0.39 is 15.9 Å². The molecular weight excluding hydrogens is 382 g/mol. The number of nitrogens with one attached hydrogen (secondary N) is 2. The van der Waals surface area contributed by atoms with Gasteiger partial charge in [-0.25, -0.2) is 12.7 Å². The molecule has 1 fully saturated rings. The number of piperidine rings is 1. The Hall–Kier alpha value is -2.65. The van der Waals surface area contributed by atoms with Crippen molar-refractivity contribution in [3.63, 3.8) is 0 Å². The van der Waals surface area contributed by atoms with Crippen LogP contribution in [0, 0.1) is 6.92 Å². The SMILES string of the molecule is Cc1ccc(C(=O)NC2CCCN(S(C)(=O)=O)C2)cc1NC(=O)c1ccco1. The molecule has 3 rings (SSSR count). The first kappa shape index (κ1) is 20.1. The highest BCUT2D eigenvalue weighted by Crippen LogP contribution is 2.19. The fourth-order valence-electron chi connectivity index (χ4n) is 3.12. The highest BCUT2D eigenvalue weighted by molar-refractivity contribution is 7.88. The standard InChI is InChI=1S/C19H23N3O5S/c1-13-7-8-14(11-16(13)21-19(24)17-6-4-10-27-17)18(23)20-15-5-3-9-22(12-15)28(2,25)26/h4,6-8,10-11,15H,3,5,9,12H2,1-2H3,(H,20,23)(H,21,24). The highest BCUT2D eigenvalue weighted by atomic mass is 32.2. The first-order valence-corrected chi connectivity index (χ1v) is 10.8. The number of carbonyl (C=O) groups excluding carboxylic acids is 2. The summed E-state index contributed by atoms with van der Waals surface area (Å²) in [5.41, 5.74) is 1.70. The summed E-state index contributed by atoms with van der Waals surface area (Å²) in [7, 11) is -3.28. The van der Waals surface area contributed by atoms with Gasteiger partial charge in [-0.3, -0.25) is 9.59 Å². The van der Waals surface area contributed by atoms with Crippen molar-refractivity contribution in [1.82, 2.24) is 9.62 Å². The van der Waals surface area contributed by atoms with Gasteiger partial charge in [0.15, 0.2) is 5.76 Å². The molecule has 8 nitrogen and oxygen atoms in total. The average molecular weight is 405 g/mol. The second kappa shape index (κ2) is 8.15. The van der Waals surface area contributed by atoms with Crippen LogP contribution in [0.1, 0.15) is 39.3 Å². The van der Waals surface area contributed by atoms with Crippen molar-refractivity contribution in [2.24, 2.45) is 0 Å². The molecule has 2 heterocycles. The summed E-state index contributed by atoms with van der Waals surface area (Å²) in [6.07, 6.45) is 3.99. The summed E-state index contributed by atoms with van der Waals surface area (Å²) in [6, 6.07) is 7.94. The molecular formula is C19H23N3O5S. The number of aryl methyl sites for hydroxylation is 1. The Morgan fingerprint density at radius 2 is 2.00 bits per heavy atom. The zero-order valence-corrected chi connectivity index (χ0v) is 16.6. The Labute approximate surface area is 164 Å². The first-order chi connectivity index (χ1) is 13.2. The Morgan fingerprint density at radius 3 is 2.68 bits per heavy atom. The van der Waals surface area contributed by atoms with Crippen LogP contribution in [0.2, 0.25) is 0 Å². The van der Waals surface area contributed by atoms with Gasteiger partial charge in [0.05, 0.1) is 12.5 Å². The van der Waals surface area contributed by atoms with E-state index >= 15 is 0 Å². The van der Waals surface area contributed by atoms with Crippen molar-refractivity contribution in [2.45, 2.75) is 25.8 Å². The molecule has 0 bridgehead atoms. The zero-order valence-electron chi connectivity index (χ0n) is 15.8. The van der Waals surface area contributed by atoms with Gasteiger partial charge in [0.25, 0.3) is 11.8 Å². The molecule has 28 heavy (non-hydrogen) atoms. The molecule has 1 aliphatic heterocycles. The predicted molar refractivity (Wildman–Crippen MR) is 105 cm³/mol. The second-order valence-electron chi connectivity index (χ2n) is 6.89. The second-order valence-corrected chi connectivity index (χ2v) is 8.88. The predicted octanol–water partition coefficient (Wildman–Crippen LogP) is 1.99. The van der Waals surface area contributed by atoms with Crippen molar-refractivity contribution >= 4 is 27.5 Å². The van der Waals surface area contributed by atoms with Gasteiger partial charge in [-0.1, -0.05) is 6.07 Å². The quantitative estimate of drug-likeness (QED) is 0.791. The van der Waals surface area contributed by atoms with Crippen LogP contribution in [-0.2, 0) is 10.0 Å². The number of amides is 2. The number of hydrogen-bond donors (Lipinski definition) is 2. The lowest BCUT2D eigenvalue weighted by Crippen LogP contribution is -2.49. The molecule has 2 amide bonds. The van der Waals surface area contributed by atoms with Crippen LogP contribution in [0.25, 0.3) is 0 Å². The lowest BCUT2D eigenvalue weighted by Gasteiger charge is -2.31. The van der Waals surface area contributed by atoms with Gasteiger partial charge in [0.1, 0.15) is 0 Å². The number of anilines is 1. The Kier molecular flexibility index (Phi) is 5.85. The van der Waals surface area contributed by atoms with E-state index in [0.29, 0.717) is 30.6 Å². The minimum Gasteiger partial charge on any atom is -0.459 e. The fourth-order valence-corrected chi connectivity index (χ4v) is 4.03. The monoisotopic (exact) mass is 405 g/mol. The third-order valence-corrected chi connectivity index (χ3v) is 5.95. The van der Waals surface area contributed by atoms with E-state index in [1.54, 1.807) is 30.3 Å². The number of benzene rings is 1. The van der Waals surface area contributed by atoms with Crippen LogP contribution in [0.3, 0.4) is 0 Å². The summed E-state index contributed by atoms with van der Waals surface area (Å²) in [5.74, 6) is -0.534. The van der Waals surface area contributed by atoms with E-state index in [9.17, 15) is 18.0 Å². The maximum atomic E-state index is 12.6. The maximum Gasteiger partial charge on any atom is 0.291 e. The van der Waals surface area contributed by atoms with Crippen LogP contribution in [-0.4, -0.2) is 49.9 Å². The van der Waals surface area contributed by atoms with Crippen LogP contribution in [0.5, 0.6) is 0 Å². The molecule has 0 saturated carbocycles. The van der Waals surface area contributed by atoms with Gasteiger partial charge in [-0.15, -0.1) is 0 Å². The molecule has 1 atom stereocenters. The first-order valence-electron chi connectivity index (χ1n) is 8.95. The number of nitrogens with zero attached hydrogens (tertiary/aromatic N) is 1. The normalized spacial score (nSPS) is 17.9. The molecule has 1 aromatic heterocycles. The average Bonchev–Trinajstić information content (AvgIpc) is 3.18. The third-order valence-electron chi connectivity index (χ3n) is 4.68. The van der Waals surface area contributed by atoms with Gasteiger partial charge in [0.2, 0.25) is 10.0 Å². The number of hydrogen-bond acceptors (Lipinski definition) is 5. The Morgan fingerprint density at radius 1 is 1.21 bits per heavy atom. The topological polar surface area (TPSA) is 109 Å². The summed E-state index contributed by atoms with van der Waals surface area (Å²) in [6.45, 7) is 2.56. The molecule has 0 spiro atoms. The lowest BCUT2D eigenvalue weighted by molar-refractivity contribution is 0.0920. The van der Waals surface area contributed by atoms with E-state index in [4.69, 9.17) is 4.42 Å². The number of furan rings is 1. The van der Waals surface area contributed by atoms with Crippen LogP contribution < -0.4 is 10.6 Å². The summed E-state index contributed by atoms with van der Waals surface area (Å²) >= 11 is 0. The summed E-state index contributed by atoms with van der Waals surface area (Å²) in [4.78, 5) is 24.8. The molecule has 0 aliphatic carbocycles. The Bertz CT molecular complexity index is 969. The minimum absolute atomic E-state index is 0.178. The molecule has 1 unspecified atom stereocenters. The van der Waals surface area contributed by atoms with Crippen molar-refractivity contribution in [3.05, 3.63) is 53.5 Å². The van der Waals surface area contributed by atoms with Crippen molar-refractivity contribution in [1.29, 1.82) is 0 Å². The molecule has 150 valence electrons. The van der Waals surface area contributed by atoms with E-state index in [-0.39, 0.29) is 24.3 Å². The third kappa shape index (κ3) is 4.79. The molecule has 2 N–H and O–H groups in total. The lowest BCUT2D eigenvalue weighted by atomic mass is 10.1. The molecule has 1 aromatic carbocycles. The van der Waals surface area contributed by atoms with Crippen molar-refractivity contribution < 1.29 is 22.4 Å². The Balaban J connectivity index is 1.69. The van der Waals surface area contributed by atoms with E-state index in [0.717, 1.165) is 5.56 Å².